The van der Waals surface area contributed by atoms with Crippen molar-refractivity contribution in [3.8, 4) is 0 Å². The van der Waals surface area contributed by atoms with Crippen LogP contribution in [0.25, 0.3) is 11.0 Å². The predicted octanol–water partition coefficient (Wildman–Crippen LogP) is 0.250. The molecule has 20 heavy (non-hydrogen) atoms. The molecule has 0 saturated carbocycles. The second kappa shape index (κ2) is 4.79. The van der Waals surface area contributed by atoms with Crippen LogP contribution in [0.1, 0.15) is 24.4 Å². The third-order valence-electron chi connectivity index (χ3n) is 3.99. The van der Waals surface area contributed by atoms with Gasteiger partial charge < -0.3 is 11.1 Å². The molecule has 6 nitrogen and oxygen atoms in total. The summed E-state index contributed by atoms with van der Waals surface area (Å²) in [7, 11) is 1.77. The number of hydrogen-bond donors (Lipinski definition) is 2. The Morgan fingerprint density at radius 3 is 2.80 bits per heavy atom. The Balaban J connectivity index is 2.13. The van der Waals surface area contributed by atoms with Crippen molar-refractivity contribution in [1.82, 2.24) is 14.5 Å². The summed E-state index contributed by atoms with van der Waals surface area (Å²) in [5, 5.41) is 2.83. The monoisotopic (exact) mass is 274 g/mol. The molecule has 0 spiro atoms. The first-order valence-corrected chi connectivity index (χ1v) is 6.78. The van der Waals surface area contributed by atoms with Crippen LogP contribution in [0.4, 0.5) is 0 Å². The number of piperidine rings is 1. The number of benzene rings is 1. The Kier molecular flexibility index (Phi) is 3.10. The molecule has 1 unspecified atom stereocenters. The van der Waals surface area contributed by atoms with Gasteiger partial charge in [0.15, 0.2) is 0 Å². The van der Waals surface area contributed by atoms with Crippen molar-refractivity contribution in [3.63, 3.8) is 0 Å². The van der Waals surface area contributed by atoms with Gasteiger partial charge in [0, 0.05) is 26.6 Å². The van der Waals surface area contributed by atoms with E-state index in [1.54, 1.807) is 16.2 Å². The van der Waals surface area contributed by atoms with Gasteiger partial charge in [-0.15, -0.1) is 0 Å². The van der Waals surface area contributed by atoms with Crippen LogP contribution in [-0.4, -0.2) is 21.6 Å². The SMILES string of the molecule is Cn1c(=O)n(C2CCC(=O)NC2)c2ccc(CN)cc21. The number of nitrogens with one attached hydrogen (secondary N) is 1. The first kappa shape index (κ1) is 12.9. The summed E-state index contributed by atoms with van der Waals surface area (Å²) < 4.78 is 3.43. The van der Waals surface area contributed by atoms with Crippen LogP contribution in [0.3, 0.4) is 0 Å². The molecule has 1 fully saturated rings. The average Bonchev–Trinajstić information content (AvgIpc) is 2.72. The quantitative estimate of drug-likeness (QED) is 0.823. The third kappa shape index (κ3) is 1.92. The van der Waals surface area contributed by atoms with Crippen molar-refractivity contribution in [3.05, 3.63) is 34.2 Å². The van der Waals surface area contributed by atoms with E-state index < -0.39 is 0 Å². The van der Waals surface area contributed by atoms with Crippen LogP contribution in [-0.2, 0) is 18.4 Å². The molecule has 1 atom stereocenters. The maximum absolute atomic E-state index is 12.5. The number of nitrogens with zero attached hydrogens (tertiary/aromatic N) is 2. The summed E-state index contributed by atoms with van der Waals surface area (Å²) in [4.78, 5) is 23.7. The molecule has 2 aromatic rings. The van der Waals surface area contributed by atoms with E-state index in [4.69, 9.17) is 5.73 Å². The van der Waals surface area contributed by atoms with Gasteiger partial charge in [-0.2, -0.15) is 0 Å². The number of aromatic nitrogens is 2. The van der Waals surface area contributed by atoms with E-state index in [1.807, 2.05) is 18.2 Å². The summed E-state index contributed by atoms with van der Waals surface area (Å²) >= 11 is 0. The molecular weight excluding hydrogens is 256 g/mol. The molecule has 1 aromatic heterocycles. The molecule has 1 aromatic carbocycles. The predicted molar refractivity (Wildman–Crippen MR) is 76.4 cm³/mol. The summed E-state index contributed by atoms with van der Waals surface area (Å²) in [6.45, 7) is 0.964. The highest BCUT2D eigenvalue weighted by Crippen LogP contribution is 2.22. The normalized spacial score (nSPS) is 19.3. The zero-order valence-corrected chi connectivity index (χ0v) is 11.4. The number of carbonyl (C=O) groups excluding carboxylic acids is 1. The van der Waals surface area contributed by atoms with Gasteiger partial charge in [0.25, 0.3) is 0 Å². The van der Waals surface area contributed by atoms with E-state index in [0.717, 1.165) is 16.6 Å². The lowest BCUT2D eigenvalue weighted by atomic mass is 10.1. The van der Waals surface area contributed by atoms with Crippen LogP contribution in [0.2, 0.25) is 0 Å². The van der Waals surface area contributed by atoms with Crippen molar-refractivity contribution in [1.29, 1.82) is 0 Å². The highest BCUT2D eigenvalue weighted by molar-refractivity contribution is 5.78. The molecule has 0 aliphatic carbocycles. The van der Waals surface area contributed by atoms with E-state index in [0.29, 0.717) is 25.9 Å². The Morgan fingerprint density at radius 2 is 2.15 bits per heavy atom. The van der Waals surface area contributed by atoms with Gasteiger partial charge in [0.2, 0.25) is 5.91 Å². The molecule has 2 heterocycles. The Hall–Kier alpha value is -2.08. The lowest BCUT2D eigenvalue weighted by Crippen LogP contribution is -2.39. The fourth-order valence-corrected chi connectivity index (χ4v) is 2.83. The Labute approximate surface area is 116 Å². The largest absolute Gasteiger partial charge is 0.354 e. The van der Waals surface area contributed by atoms with Gasteiger partial charge in [0.05, 0.1) is 17.1 Å². The molecular formula is C14H18N4O2. The molecule has 1 aliphatic heterocycles. The second-order valence-corrected chi connectivity index (χ2v) is 5.24. The van der Waals surface area contributed by atoms with Crippen LogP contribution < -0.4 is 16.7 Å². The summed E-state index contributed by atoms with van der Waals surface area (Å²) in [6.07, 6.45) is 1.16. The fourth-order valence-electron chi connectivity index (χ4n) is 2.83. The highest BCUT2D eigenvalue weighted by Gasteiger charge is 2.24. The van der Waals surface area contributed by atoms with E-state index in [1.165, 1.54) is 0 Å². The molecule has 6 heteroatoms. The molecule has 1 saturated heterocycles. The third-order valence-corrected chi connectivity index (χ3v) is 3.99. The van der Waals surface area contributed by atoms with Crippen molar-refractivity contribution in [2.24, 2.45) is 12.8 Å². The zero-order chi connectivity index (χ0) is 14.3. The van der Waals surface area contributed by atoms with E-state index >= 15 is 0 Å². The Bertz CT molecular complexity index is 719. The maximum Gasteiger partial charge on any atom is 0.329 e. The van der Waals surface area contributed by atoms with E-state index in [-0.39, 0.29) is 17.6 Å². The maximum atomic E-state index is 12.5. The van der Waals surface area contributed by atoms with Crippen molar-refractivity contribution in [2.75, 3.05) is 6.54 Å². The van der Waals surface area contributed by atoms with Gasteiger partial charge in [0.1, 0.15) is 0 Å². The van der Waals surface area contributed by atoms with Crippen LogP contribution >= 0.6 is 0 Å². The summed E-state index contributed by atoms with van der Waals surface area (Å²) in [6, 6.07) is 5.86. The van der Waals surface area contributed by atoms with Crippen LogP contribution in [0.5, 0.6) is 0 Å². The smallest absolute Gasteiger partial charge is 0.329 e. The van der Waals surface area contributed by atoms with Gasteiger partial charge in [-0.05, 0) is 24.1 Å². The van der Waals surface area contributed by atoms with Gasteiger partial charge in [-0.25, -0.2) is 4.79 Å². The summed E-state index contributed by atoms with van der Waals surface area (Å²) in [5.41, 5.74) is 8.39. The number of fused-ring (bicyclic) bond motifs is 1. The lowest BCUT2D eigenvalue weighted by Gasteiger charge is -2.23. The van der Waals surface area contributed by atoms with Crippen molar-refractivity contribution in [2.45, 2.75) is 25.4 Å². The van der Waals surface area contributed by atoms with Gasteiger partial charge >= 0.3 is 5.69 Å². The van der Waals surface area contributed by atoms with Gasteiger partial charge in [-0.3, -0.25) is 13.9 Å². The molecule has 3 rings (SSSR count). The number of imidazole rings is 1. The van der Waals surface area contributed by atoms with Crippen molar-refractivity contribution >= 4 is 16.9 Å². The number of rotatable bonds is 2. The number of hydrogen-bond acceptors (Lipinski definition) is 3. The lowest BCUT2D eigenvalue weighted by molar-refractivity contribution is -0.122. The number of carbonyl (C=O) groups is 1. The highest BCUT2D eigenvalue weighted by atomic mass is 16.2. The average molecular weight is 274 g/mol. The topological polar surface area (TPSA) is 82.0 Å². The number of aryl methyl sites for hydroxylation is 1. The summed E-state index contributed by atoms with van der Waals surface area (Å²) in [5.74, 6) is 0.0555. The minimum atomic E-state index is -0.0460. The van der Waals surface area contributed by atoms with E-state index in [9.17, 15) is 9.59 Å². The Morgan fingerprint density at radius 1 is 1.35 bits per heavy atom. The molecule has 1 amide bonds. The first-order chi connectivity index (χ1) is 9.61. The zero-order valence-electron chi connectivity index (χ0n) is 11.4. The fraction of sp³-hybridized carbons (Fsp3) is 0.429. The standard InChI is InChI=1S/C14H18N4O2/c1-17-12-6-9(7-15)2-4-11(12)18(14(17)20)10-3-5-13(19)16-8-10/h2,4,6,10H,3,5,7-8,15H2,1H3,(H,16,19). The van der Waals surface area contributed by atoms with Crippen molar-refractivity contribution < 1.29 is 4.79 Å². The number of amides is 1. The molecule has 0 bridgehead atoms. The molecule has 0 radical (unpaired) electrons. The van der Waals surface area contributed by atoms with Gasteiger partial charge in [-0.1, -0.05) is 6.07 Å². The second-order valence-electron chi connectivity index (χ2n) is 5.24. The van der Waals surface area contributed by atoms with Crippen LogP contribution in [0, 0.1) is 0 Å². The minimum absolute atomic E-state index is 0.0210. The minimum Gasteiger partial charge on any atom is -0.354 e. The molecule has 3 N–H and O–H groups in total. The first-order valence-electron chi connectivity index (χ1n) is 6.78. The molecule has 106 valence electrons. The van der Waals surface area contributed by atoms with Crippen LogP contribution in [0.15, 0.2) is 23.0 Å². The molecule has 1 aliphatic rings. The number of nitrogens with two attached hydrogens (primary N) is 1. The van der Waals surface area contributed by atoms with E-state index in [2.05, 4.69) is 5.32 Å².